The lowest BCUT2D eigenvalue weighted by atomic mass is 9.87. The van der Waals surface area contributed by atoms with Gasteiger partial charge in [-0.1, -0.05) is 24.4 Å². The molecule has 2 N–H and O–H groups in total. The van der Waals surface area contributed by atoms with Crippen molar-refractivity contribution in [3.8, 4) is 0 Å². The van der Waals surface area contributed by atoms with Crippen LogP contribution < -0.4 is 5.32 Å². The predicted octanol–water partition coefficient (Wildman–Crippen LogP) is 2.53. The molecule has 2 rings (SSSR count). The summed E-state index contributed by atoms with van der Waals surface area (Å²) in [5.41, 5.74) is -0.354. The number of aliphatic hydroxyl groups is 1. The standard InChI is InChI=1S/C14H17ClN2O4/c15-11-4-3-10(7-12(11)17(20)21)13(19)16-8-14(9-18)5-1-2-6-14/h3-4,7,18H,1-2,5-6,8-9H2,(H,16,19). The zero-order valence-corrected chi connectivity index (χ0v) is 12.2. The average Bonchev–Trinajstić information content (AvgIpc) is 2.94. The molecule has 0 radical (unpaired) electrons. The first-order valence-electron chi connectivity index (χ1n) is 6.80. The average molecular weight is 313 g/mol. The van der Waals surface area contributed by atoms with Gasteiger partial charge in [-0.25, -0.2) is 0 Å². The number of halogens is 1. The molecule has 7 heteroatoms. The van der Waals surface area contributed by atoms with Crippen LogP contribution in [0.2, 0.25) is 5.02 Å². The summed E-state index contributed by atoms with van der Waals surface area (Å²) in [6.45, 7) is 0.410. The minimum atomic E-state index is -0.620. The second-order valence-electron chi connectivity index (χ2n) is 5.47. The van der Waals surface area contributed by atoms with Crippen LogP contribution >= 0.6 is 11.6 Å². The largest absolute Gasteiger partial charge is 0.396 e. The van der Waals surface area contributed by atoms with Crippen LogP contribution in [-0.4, -0.2) is 29.1 Å². The minimum Gasteiger partial charge on any atom is -0.396 e. The van der Waals surface area contributed by atoms with E-state index in [-0.39, 0.29) is 28.3 Å². The summed E-state index contributed by atoms with van der Waals surface area (Å²) in [6, 6.07) is 3.95. The highest BCUT2D eigenvalue weighted by atomic mass is 35.5. The second-order valence-corrected chi connectivity index (χ2v) is 5.88. The Hall–Kier alpha value is -1.66. The summed E-state index contributed by atoms with van der Waals surface area (Å²) >= 11 is 5.71. The van der Waals surface area contributed by atoms with E-state index in [9.17, 15) is 20.0 Å². The third-order valence-electron chi connectivity index (χ3n) is 4.03. The topological polar surface area (TPSA) is 92.5 Å². The Morgan fingerprint density at radius 1 is 1.43 bits per heavy atom. The Morgan fingerprint density at radius 3 is 2.67 bits per heavy atom. The number of carbonyl (C=O) groups excluding carboxylic acids is 1. The maximum absolute atomic E-state index is 12.1. The Kier molecular flexibility index (Phi) is 4.80. The number of hydrogen-bond donors (Lipinski definition) is 2. The minimum absolute atomic E-state index is 0.000767. The van der Waals surface area contributed by atoms with Gasteiger partial charge in [0.25, 0.3) is 11.6 Å². The van der Waals surface area contributed by atoms with E-state index in [4.69, 9.17) is 11.6 Å². The van der Waals surface area contributed by atoms with Crippen molar-refractivity contribution in [3.63, 3.8) is 0 Å². The molecule has 6 nitrogen and oxygen atoms in total. The number of nitrogens with zero attached hydrogens (tertiary/aromatic N) is 1. The highest BCUT2D eigenvalue weighted by molar-refractivity contribution is 6.32. The van der Waals surface area contributed by atoms with Crippen LogP contribution in [-0.2, 0) is 0 Å². The molecule has 1 aromatic rings. The smallest absolute Gasteiger partial charge is 0.288 e. The lowest BCUT2D eigenvalue weighted by Crippen LogP contribution is -2.38. The van der Waals surface area contributed by atoms with Crippen molar-refractivity contribution in [2.24, 2.45) is 5.41 Å². The van der Waals surface area contributed by atoms with Gasteiger partial charge in [0.15, 0.2) is 0 Å². The number of rotatable bonds is 5. The first-order chi connectivity index (χ1) is 9.97. The SMILES string of the molecule is O=C(NCC1(CO)CCCC1)c1ccc(Cl)c([N+](=O)[O-])c1. The zero-order valence-electron chi connectivity index (χ0n) is 11.5. The zero-order chi connectivity index (χ0) is 15.5. The van der Waals surface area contributed by atoms with Crippen molar-refractivity contribution in [2.45, 2.75) is 25.7 Å². The molecule has 0 aliphatic heterocycles. The van der Waals surface area contributed by atoms with Crippen molar-refractivity contribution in [1.29, 1.82) is 0 Å². The molecular formula is C14H17ClN2O4. The lowest BCUT2D eigenvalue weighted by Gasteiger charge is -2.26. The van der Waals surface area contributed by atoms with Crippen LogP contribution in [0.4, 0.5) is 5.69 Å². The summed E-state index contributed by atoms with van der Waals surface area (Å²) in [7, 11) is 0. The molecule has 0 atom stereocenters. The van der Waals surface area contributed by atoms with Crippen molar-refractivity contribution < 1.29 is 14.8 Å². The molecule has 1 saturated carbocycles. The highest BCUT2D eigenvalue weighted by Crippen LogP contribution is 2.37. The fourth-order valence-electron chi connectivity index (χ4n) is 2.68. The summed E-state index contributed by atoms with van der Waals surface area (Å²) < 4.78 is 0. The van der Waals surface area contributed by atoms with Crippen molar-refractivity contribution in [3.05, 3.63) is 38.9 Å². The first kappa shape index (κ1) is 15.7. The molecule has 21 heavy (non-hydrogen) atoms. The van der Waals surface area contributed by atoms with Gasteiger partial charge in [-0.2, -0.15) is 0 Å². The van der Waals surface area contributed by atoms with Crippen LogP contribution in [0.3, 0.4) is 0 Å². The number of benzene rings is 1. The van der Waals surface area contributed by atoms with Crippen LogP contribution in [0.5, 0.6) is 0 Å². The number of nitro benzene ring substituents is 1. The van der Waals surface area contributed by atoms with Crippen molar-refractivity contribution in [2.75, 3.05) is 13.2 Å². The molecule has 1 fully saturated rings. The molecule has 0 aromatic heterocycles. The Labute approximate surface area is 127 Å². The first-order valence-corrected chi connectivity index (χ1v) is 7.18. The van der Waals surface area contributed by atoms with E-state index < -0.39 is 10.8 Å². The predicted molar refractivity (Wildman–Crippen MR) is 78.4 cm³/mol. The van der Waals surface area contributed by atoms with Gasteiger partial charge in [-0.15, -0.1) is 0 Å². The summed E-state index contributed by atoms with van der Waals surface area (Å²) in [5.74, 6) is -0.394. The van der Waals surface area contributed by atoms with Gasteiger partial charge >= 0.3 is 0 Å². The van der Waals surface area contributed by atoms with E-state index in [0.29, 0.717) is 6.54 Å². The molecule has 0 unspecified atom stereocenters. The quantitative estimate of drug-likeness (QED) is 0.645. The Morgan fingerprint density at radius 2 is 2.10 bits per heavy atom. The van der Waals surface area contributed by atoms with E-state index in [2.05, 4.69) is 5.32 Å². The third kappa shape index (κ3) is 3.51. The molecule has 0 heterocycles. The molecule has 1 aliphatic rings. The maximum Gasteiger partial charge on any atom is 0.288 e. The van der Waals surface area contributed by atoms with E-state index in [1.807, 2.05) is 0 Å². The van der Waals surface area contributed by atoms with Crippen LogP contribution in [0.15, 0.2) is 18.2 Å². The van der Waals surface area contributed by atoms with E-state index in [0.717, 1.165) is 31.7 Å². The number of nitrogens with one attached hydrogen (secondary N) is 1. The summed E-state index contributed by atoms with van der Waals surface area (Å²) in [6.07, 6.45) is 3.85. The molecule has 0 saturated heterocycles. The number of nitro groups is 1. The summed E-state index contributed by atoms with van der Waals surface area (Å²) in [5, 5.41) is 23.1. The van der Waals surface area contributed by atoms with Crippen molar-refractivity contribution in [1.82, 2.24) is 5.32 Å². The lowest BCUT2D eigenvalue weighted by molar-refractivity contribution is -0.384. The van der Waals surface area contributed by atoms with E-state index in [1.165, 1.54) is 12.1 Å². The van der Waals surface area contributed by atoms with Gasteiger partial charge in [-0.05, 0) is 25.0 Å². The molecule has 0 bridgehead atoms. The Balaban J connectivity index is 2.07. The fraction of sp³-hybridized carbons (Fsp3) is 0.500. The molecular weight excluding hydrogens is 296 g/mol. The van der Waals surface area contributed by atoms with Gasteiger partial charge in [0, 0.05) is 23.6 Å². The molecule has 1 aliphatic carbocycles. The van der Waals surface area contributed by atoms with Gasteiger partial charge in [0.05, 0.1) is 11.5 Å². The molecule has 1 amide bonds. The highest BCUT2D eigenvalue weighted by Gasteiger charge is 2.33. The molecule has 1 aromatic carbocycles. The Bertz CT molecular complexity index is 556. The van der Waals surface area contributed by atoms with Crippen LogP contribution in [0, 0.1) is 15.5 Å². The number of amides is 1. The summed E-state index contributed by atoms with van der Waals surface area (Å²) in [4.78, 5) is 22.3. The van der Waals surface area contributed by atoms with Crippen LogP contribution in [0.25, 0.3) is 0 Å². The van der Waals surface area contributed by atoms with E-state index in [1.54, 1.807) is 0 Å². The van der Waals surface area contributed by atoms with Crippen LogP contribution in [0.1, 0.15) is 36.0 Å². The third-order valence-corrected chi connectivity index (χ3v) is 4.35. The van der Waals surface area contributed by atoms with Gasteiger partial charge < -0.3 is 10.4 Å². The molecule has 114 valence electrons. The fourth-order valence-corrected chi connectivity index (χ4v) is 2.87. The second kappa shape index (κ2) is 6.41. The van der Waals surface area contributed by atoms with Gasteiger partial charge in [-0.3, -0.25) is 14.9 Å². The van der Waals surface area contributed by atoms with Crippen molar-refractivity contribution >= 4 is 23.2 Å². The molecule has 0 spiro atoms. The number of hydrogen-bond acceptors (Lipinski definition) is 4. The monoisotopic (exact) mass is 312 g/mol. The number of carbonyl (C=O) groups is 1. The number of aliphatic hydroxyl groups excluding tert-OH is 1. The van der Waals surface area contributed by atoms with Gasteiger partial charge in [0.2, 0.25) is 0 Å². The van der Waals surface area contributed by atoms with Gasteiger partial charge in [0.1, 0.15) is 5.02 Å². The normalized spacial score (nSPS) is 16.7. The van der Waals surface area contributed by atoms with E-state index >= 15 is 0 Å². The maximum atomic E-state index is 12.1.